The van der Waals surface area contributed by atoms with Gasteiger partial charge in [0.2, 0.25) is 0 Å². The fourth-order valence-corrected chi connectivity index (χ4v) is 3.25. The van der Waals surface area contributed by atoms with Gasteiger partial charge in [-0.25, -0.2) is 0 Å². The Bertz CT molecular complexity index is 288. The average molecular weight is 224 g/mol. The summed E-state index contributed by atoms with van der Waals surface area (Å²) in [6, 6.07) is 0. The number of carbonyl (C=O) groups excluding carboxylic acids is 2. The second-order valence-corrected chi connectivity index (χ2v) is 5.62. The van der Waals surface area contributed by atoms with E-state index in [1.807, 2.05) is 27.7 Å². The van der Waals surface area contributed by atoms with Gasteiger partial charge in [0, 0.05) is 23.7 Å². The van der Waals surface area contributed by atoms with E-state index in [9.17, 15) is 9.59 Å². The van der Waals surface area contributed by atoms with Crippen LogP contribution in [0.5, 0.6) is 0 Å². The summed E-state index contributed by atoms with van der Waals surface area (Å²) in [5, 5.41) is 0. The molecule has 92 valence electrons. The zero-order chi connectivity index (χ0) is 12.7. The summed E-state index contributed by atoms with van der Waals surface area (Å²) in [5.41, 5.74) is -0.332. The fourth-order valence-electron chi connectivity index (χ4n) is 3.25. The molecule has 0 N–H and O–H groups in total. The first-order valence-electron chi connectivity index (χ1n) is 6.35. The maximum absolute atomic E-state index is 12.2. The third-order valence-electron chi connectivity index (χ3n) is 5.21. The lowest BCUT2D eigenvalue weighted by molar-refractivity contribution is -0.151. The molecule has 0 bridgehead atoms. The van der Waals surface area contributed by atoms with E-state index < -0.39 is 0 Å². The molecule has 0 spiro atoms. The van der Waals surface area contributed by atoms with Gasteiger partial charge in [-0.05, 0) is 11.8 Å². The van der Waals surface area contributed by atoms with Crippen LogP contribution in [0.15, 0.2) is 0 Å². The monoisotopic (exact) mass is 224 g/mol. The molecule has 2 nitrogen and oxygen atoms in total. The normalized spacial score (nSPS) is 44.5. The van der Waals surface area contributed by atoms with Gasteiger partial charge in [-0.3, -0.25) is 9.59 Å². The Hall–Kier alpha value is -0.660. The van der Waals surface area contributed by atoms with E-state index in [-0.39, 0.29) is 29.1 Å². The predicted molar refractivity (Wildman–Crippen MR) is 65.1 cm³/mol. The molecule has 16 heavy (non-hydrogen) atoms. The zero-order valence-corrected chi connectivity index (χ0v) is 11.3. The first-order valence-corrected chi connectivity index (χ1v) is 6.35. The highest BCUT2D eigenvalue weighted by molar-refractivity contribution is 5.91. The third-order valence-corrected chi connectivity index (χ3v) is 5.21. The average Bonchev–Trinajstić information content (AvgIpc) is 2.30. The molecule has 0 heterocycles. The number of ketones is 2. The smallest absolute Gasteiger partial charge is 0.139 e. The second kappa shape index (κ2) is 4.31. The number of carbonyl (C=O) groups is 2. The Balaban J connectivity index is 3.17. The van der Waals surface area contributed by atoms with Gasteiger partial charge in [-0.1, -0.05) is 41.5 Å². The Morgan fingerprint density at radius 1 is 1.12 bits per heavy atom. The van der Waals surface area contributed by atoms with Crippen LogP contribution in [0.25, 0.3) is 0 Å². The van der Waals surface area contributed by atoms with E-state index in [0.29, 0.717) is 18.0 Å². The molecule has 1 aliphatic rings. The molecular weight excluding hydrogens is 200 g/mol. The standard InChI is InChI=1S/C14H24O2/c1-7-12(15)14(6)10(4)8(2)13(16)9(3)11(14)5/h8-11H,7H2,1-6H3. The van der Waals surface area contributed by atoms with Crippen LogP contribution >= 0.6 is 0 Å². The maximum atomic E-state index is 12.2. The lowest BCUT2D eigenvalue weighted by atomic mass is 9.53. The highest BCUT2D eigenvalue weighted by Crippen LogP contribution is 2.49. The minimum Gasteiger partial charge on any atom is -0.299 e. The van der Waals surface area contributed by atoms with Crippen molar-refractivity contribution in [3.8, 4) is 0 Å². The predicted octanol–water partition coefficient (Wildman–Crippen LogP) is 3.10. The molecule has 0 amide bonds. The van der Waals surface area contributed by atoms with Crippen molar-refractivity contribution >= 4 is 11.6 Å². The molecular formula is C14H24O2. The lowest BCUT2D eigenvalue weighted by Crippen LogP contribution is -2.53. The SMILES string of the molecule is CCC(=O)C1(C)C(C)C(C)C(=O)C(C)C1C. The quantitative estimate of drug-likeness (QED) is 0.722. The molecule has 0 aromatic heterocycles. The summed E-state index contributed by atoms with van der Waals surface area (Å²) in [5.74, 6) is 0.941. The molecule has 0 aliphatic heterocycles. The van der Waals surface area contributed by atoms with E-state index in [0.717, 1.165) is 0 Å². The van der Waals surface area contributed by atoms with Crippen LogP contribution < -0.4 is 0 Å². The van der Waals surface area contributed by atoms with E-state index in [1.54, 1.807) is 0 Å². The van der Waals surface area contributed by atoms with Crippen LogP contribution in [0.3, 0.4) is 0 Å². The topological polar surface area (TPSA) is 34.1 Å². The Labute approximate surface area is 98.8 Å². The summed E-state index contributed by atoms with van der Waals surface area (Å²) in [6.07, 6.45) is 0.568. The molecule has 0 aromatic rings. The molecule has 4 unspecified atom stereocenters. The number of hydrogen-bond acceptors (Lipinski definition) is 2. The van der Waals surface area contributed by atoms with Crippen molar-refractivity contribution in [2.24, 2.45) is 29.1 Å². The van der Waals surface area contributed by atoms with Crippen molar-refractivity contribution in [2.75, 3.05) is 0 Å². The summed E-state index contributed by atoms with van der Waals surface area (Å²) in [7, 11) is 0. The summed E-state index contributed by atoms with van der Waals surface area (Å²) in [6.45, 7) is 12.0. The van der Waals surface area contributed by atoms with E-state index in [1.165, 1.54) is 0 Å². The molecule has 0 radical (unpaired) electrons. The highest BCUT2D eigenvalue weighted by Gasteiger charge is 2.53. The Kier molecular flexibility index (Phi) is 3.61. The number of rotatable bonds is 2. The largest absolute Gasteiger partial charge is 0.299 e. The van der Waals surface area contributed by atoms with Crippen LogP contribution in [-0.4, -0.2) is 11.6 Å². The van der Waals surface area contributed by atoms with Gasteiger partial charge < -0.3 is 0 Å². The minimum absolute atomic E-state index is 0.00620. The third kappa shape index (κ3) is 1.63. The van der Waals surface area contributed by atoms with Crippen LogP contribution in [0.1, 0.15) is 48.0 Å². The van der Waals surface area contributed by atoms with E-state index in [2.05, 4.69) is 13.8 Å². The summed E-state index contributed by atoms with van der Waals surface area (Å²) >= 11 is 0. The van der Waals surface area contributed by atoms with Crippen molar-refractivity contribution in [2.45, 2.75) is 48.0 Å². The first-order chi connectivity index (χ1) is 7.28. The maximum Gasteiger partial charge on any atom is 0.139 e. The van der Waals surface area contributed by atoms with E-state index in [4.69, 9.17) is 0 Å². The highest BCUT2D eigenvalue weighted by atomic mass is 16.1. The van der Waals surface area contributed by atoms with Crippen molar-refractivity contribution in [3.63, 3.8) is 0 Å². The van der Waals surface area contributed by atoms with E-state index >= 15 is 0 Å². The molecule has 2 heteroatoms. The van der Waals surface area contributed by atoms with Gasteiger partial charge in [0.15, 0.2) is 0 Å². The second-order valence-electron chi connectivity index (χ2n) is 5.62. The van der Waals surface area contributed by atoms with Crippen molar-refractivity contribution in [1.82, 2.24) is 0 Å². The number of hydrogen-bond donors (Lipinski definition) is 0. The molecule has 1 fully saturated rings. The van der Waals surface area contributed by atoms with Gasteiger partial charge in [-0.2, -0.15) is 0 Å². The molecule has 0 aromatic carbocycles. The van der Waals surface area contributed by atoms with Crippen LogP contribution in [0.2, 0.25) is 0 Å². The number of Topliss-reactive ketones (excluding diaryl/α,β-unsaturated/α-hetero) is 2. The Morgan fingerprint density at radius 2 is 1.50 bits per heavy atom. The van der Waals surface area contributed by atoms with Gasteiger partial charge in [0.1, 0.15) is 11.6 Å². The van der Waals surface area contributed by atoms with Gasteiger partial charge in [0.05, 0.1) is 0 Å². The van der Waals surface area contributed by atoms with Crippen molar-refractivity contribution < 1.29 is 9.59 Å². The van der Waals surface area contributed by atoms with Crippen molar-refractivity contribution in [1.29, 1.82) is 0 Å². The molecule has 1 rings (SSSR count). The van der Waals surface area contributed by atoms with Crippen molar-refractivity contribution in [3.05, 3.63) is 0 Å². The zero-order valence-electron chi connectivity index (χ0n) is 11.3. The lowest BCUT2D eigenvalue weighted by Gasteiger charge is -2.49. The first kappa shape index (κ1) is 13.4. The molecule has 1 saturated carbocycles. The summed E-state index contributed by atoms with van der Waals surface area (Å²) < 4.78 is 0. The minimum atomic E-state index is -0.332. The van der Waals surface area contributed by atoms with Crippen LogP contribution in [0.4, 0.5) is 0 Å². The summed E-state index contributed by atoms with van der Waals surface area (Å²) in [4.78, 5) is 24.2. The van der Waals surface area contributed by atoms with Crippen LogP contribution in [-0.2, 0) is 9.59 Å². The van der Waals surface area contributed by atoms with Gasteiger partial charge in [0.25, 0.3) is 0 Å². The van der Waals surface area contributed by atoms with Gasteiger partial charge >= 0.3 is 0 Å². The Morgan fingerprint density at radius 3 is 1.81 bits per heavy atom. The molecule has 0 saturated heterocycles. The fraction of sp³-hybridized carbons (Fsp3) is 0.857. The molecule has 4 atom stereocenters. The van der Waals surface area contributed by atoms with Crippen LogP contribution in [0, 0.1) is 29.1 Å². The molecule has 1 aliphatic carbocycles. The van der Waals surface area contributed by atoms with Gasteiger partial charge in [-0.15, -0.1) is 0 Å².